The largest absolute Gasteiger partial charge is 0.393 e. The van der Waals surface area contributed by atoms with Crippen LogP contribution in [0.25, 0.3) is 0 Å². The Kier molecular flexibility index (Phi) is 3.50. The maximum atomic E-state index is 11.4. The minimum absolute atomic E-state index is 0.0844. The molecule has 0 aliphatic carbocycles. The quantitative estimate of drug-likeness (QED) is 0.681. The van der Waals surface area contributed by atoms with Crippen LogP contribution in [0, 0.1) is 0 Å². The fraction of sp³-hybridized carbons (Fsp3) is 0.556. The molecular weight excluding hydrogens is 182 g/mol. The zero-order valence-electron chi connectivity index (χ0n) is 8.25. The molecule has 0 aliphatic rings. The highest BCUT2D eigenvalue weighted by atomic mass is 16.2. The number of nitrogens with one attached hydrogen (secondary N) is 1. The molecule has 0 saturated heterocycles. The van der Waals surface area contributed by atoms with Crippen molar-refractivity contribution in [1.29, 1.82) is 0 Å². The van der Waals surface area contributed by atoms with Gasteiger partial charge in [0.1, 0.15) is 5.69 Å². The Balaban J connectivity index is 2.90. The van der Waals surface area contributed by atoms with Crippen LogP contribution in [0.4, 0.5) is 5.69 Å². The number of rotatable bonds is 4. The first kappa shape index (κ1) is 10.6. The van der Waals surface area contributed by atoms with E-state index in [1.807, 2.05) is 0 Å². The number of H-pyrrole nitrogens is 1. The number of hydrogen-bond acceptors (Lipinski definition) is 3. The van der Waals surface area contributed by atoms with Crippen molar-refractivity contribution >= 4 is 5.69 Å². The van der Waals surface area contributed by atoms with Gasteiger partial charge in [0, 0.05) is 12.7 Å². The topological polar surface area (TPSA) is 80.9 Å². The van der Waals surface area contributed by atoms with Crippen LogP contribution in [0.1, 0.15) is 26.2 Å². The SMILES string of the molecule is CCCCCn1c(=O)[nH]cc(N)c1=O. The molecule has 1 heterocycles. The lowest BCUT2D eigenvalue weighted by Crippen LogP contribution is -2.36. The molecular formula is C9H15N3O2. The van der Waals surface area contributed by atoms with Gasteiger partial charge in [0.25, 0.3) is 5.56 Å². The maximum absolute atomic E-state index is 11.4. The van der Waals surface area contributed by atoms with E-state index in [2.05, 4.69) is 11.9 Å². The first-order valence-electron chi connectivity index (χ1n) is 4.74. The van der Waals surface area contributed by atoms with Gasteiger partial charge in [0.2, 0.25) is 0 Å². The van der Waals surface area contributed by atoms with Gasteiger partial charge in [0.05, 0.1) is 0 Å². The molecule has 5 nitrogen and oxygen atoms in total. The van der Waals surface area contributed by atoms with Crippen LogP contribution in [-0.4, -0.2) is 9.55 Å². The van der Waals surface area contributed by atoms with E-state index in [0.29, 0.717) is 6.54 Å². The van der Waals surface area contributed by atoms with E-state index in [-0.39, 0.29) is 11.4 Å². The maximum Gasteiger partial charge on any atom is 0.328 e. The van der Waals surface area contributed by atoms with E-state index in [1.165, 1.54) is 6.20 Å². The van der Waals surface area contributed by atoms with Crippen LogP contribution in [-0.2, 0) is 6.54 Å². The summed E-state index contributed by atoms with van der Waals surface area (Å²) < 4.78 is 1.14. The van der Waals surface area contributed by atoms with E-state index >= 15 is 0 Å². The Morgan fingerprint density at radius 2 is 2.14 bits per heavy atom. The second-order valence-electron chi connectivity index (χ2n) is 3.21. The predicted molar refractivity (Wildman–Crippen MR) is 55.3 cm³/mol. The van der Waals surface area contributed by atoms with Gasteiger partial charge in [-0.1, -0.05) is 19.8 Å². The lowest BCUT2D eigenvalue weighted by molar-refractivity contribution is 0.564. The number of nitrogens with two attached hydrogens (primary N) is 1. The summed E-state index contributed by atoms with van der Waals surface area (Å²) in [7, 11) is 0. The van der Waals surface area contributed by atoms with Gasteiger partial charge in [0.15, 0.2) is 0 Å². The molecule has 3 N–H and O–H groups in total. The van der Waals surface area contributed by atoms with E-state index in [0.717, 1.165) is 23.8 Å². The second kappa shape index (κ2) is 4.64. The zero-order valence-corrected chi connectivity index (χ0v) is 8.25. The molecule has 0 unspecified atom stereocenters. The summed E-state index contributed by atoms with van der Waals surface area (Å²) >= 11 is 0. The van der Waals surface area contributed by atoms with Crippen molar-refractivity contribution in [3.63, 3.8) is 0 Å². The molecule has 0 fully saturated rings. The molecule has 0 radical (unpaired) electrons. The molecule has 0 aromatic carbocycles. The molecule has 0 spiro atoms. The fourth-order valence-corrected chi connectivity index (χ4v) is 1.25. The van der Waals surface area contributed by atoms with E-state index in [9.17, 15) is 9.59 Å². The van der Waals surface area contributed by atoms with Gasteiger partial charge in [-0.3, -0.25) is 9.36 Å². The summed E-state index contributed by atoms with van der Waals surface area (Å²) in [5.74, 6) is 0. The highest BCUT2D eigenvalue weighted by molar-refractivity contribution is 5.30. The molecule has 5 heteroatoms. The van der Waals surface area contributed by atoms with Crippen molar-refractivity contribution in [2.24, 2.45) is 0 Å². The minimum Gasteiger partial charge on any atom is -0.393 e. The summed E-state index contributed by atoms with van der Waals surface area (Å²) in [6.07, 6.45) is 4.11. The minimum atomic E-state index is -0.398. The van der Waals surface area contributed by atoms with E-state index in [4.69, 9.17) is 5.73 Å². The third-order valence-electron chi connectivity index (χ3n) is 2.07. The predicted octanol–water partition coefficient (Wildman–Crippen LogP) is 0.309. The monoisotopic (exact) mass is 197 g/mol. The summed E-state index contributed by atoms with van der Waals surface area (Å²) in [4.78, 5) is 25.1. The normalized spacial score (nSPS) is 10.4. The number of unbranched alkanes of at least 4 members (excludes halogenated alkanes) is 2. The van der Waals surface area contributed by atoms with Gasteiger partial charge < -0.3 is 10.7 Å². The average molecular weight is 197 g/mol. The summed E-state index contributed by atoms with van der Waals surface area (Å²) in [6.45, 7) is 2.50. The molecule has 78 valence electrons. The number of nitrogens with zero attached hydrogens (tertiary/aromatic N) is 1. The summed E-state index contributed by atoms with van der Waals surface area (Å²) in [6, 6.07) is 0. The van der Waals surface area contributed by atoms with Gasteiger partial charge in [-0.25, -0.2) is 4.79 Å². The van der Waals surface area contributed by atoms with Gasteiger partial charge in [-0.15, -0.1) is 0 Å². The Bertz CT molecular complexity index is 405. The second-order valence-corrected chi connectivity index (χ2v) is 3.21. The Labute approximate surface area is 81.6 Å². The van der Waals surface area contributed by atoms with E-state index < -0.39 is 5.56 Å². The smallest absolute Gasteiger partial charge is 0.328 e. The van der Waals surface area contributed by atoms with Gasteiger partial charge >= 0.3 is 5.69 Å². The molecule has 1 aromatic heterocycles. The molecule has 1 aromatic rings. The summed E-state index contributed by atoms with van der Waals surface area (Å²) in [5, 5.41) is 0. The molecule has 1 rings (SSSR count). The zero-order chi connectivity index (χ0) is 10.6. The van der Waals surface area contributed by atoms with Crippen molar-refractivity contribution in [2.75, 3.05) is 5.73 Å². The molecule has 0 aliphatic heterocycles. The highest BCUT2D eigenvalue weighted by Gasteiger charge is 2.03. The number of hydrogen-bond donors (Lipinski definition) is 2. The molecule has 14 heavy (non-hydrogen) atoms. The number of anilines is 1. The van der Waals surface area contributed by atoms with Crippen molar-refractivity contribution in [3.05, 3.63) is 27.0 Å². The summed E-state index contributed by atoms with van der Waals surface area (Å²) in [5.41, 5.74) is 4.69. The Hall–Kier alpha value is -1.52. The first-order valence-corrected chi connectivity index (χ1v) is 4.74. The Morgan fingerprint density at radius 1 is 1.43 bits per heavy atom. The van der Waals surface area contributed by atoms with Crippen LogP contribution in [0.3, 0.4) is 0 Å². The number of nitrogen functional groups attached to an aromatic ring is 1. The highest BCUT2D eigenvalue weighted by Crippen LogP contribution is 1.95. The van der Waals surface area contributed by atoms with Crippen molar-refractivity contribution in [3.8, 4) is 0 Å². The third kappa shape index (κ3) is 2.25. The van der Waals surface area contributed by atoms with Crippen LogP contribution >= 0.6 is 0 Å². The van der Waals surface area contributed by atoms with E-state index in [1.54, 1.807) is 0 Å². The third-order valence-corrected chi connectivity index (χ3v) is 2.07. The molecule has 0 saturated carbocycles. The first-order chi connectivity index (χ1) is 6.66. The standard InChI is InChI=1S/C9H15N3O2/c1-2-3-4-5-12-8(13)7(10)6-11-9(12)14/h6H,2-5,10H2,1H3,(H,11,14). The fourth-order valence-electron chi connectivity index (χ4n) is 1.25. The van der Waals surface area contributed by atoms with Crippen molar-refractivity contribution in [1.82, 2.24) is 9.55 Å². The van der Waals surface area contributed by atoms with Crippen LogP contribution < -0.4 is 17.0 Å². The van der Waals surface area contributed by atoms with Crippen LogP contribution in [0.2, 0.25) is 0 Å². The molecule has 0 bridgehead atoms. The van der Waals surface area contributed by atoms with Crippen LogP contribution in [0.15, 0.2) is 15.8 Å². The average Bonchev–Trinajstić information content (AvgIpc) is 2.18. The number of aromatic amines is 1. The lowest BCUT2D eigenvalue weighted by Gasteiger charge is -2.03. The van der Waals surface area contributed by atoms with Crippen molar-refractivity contribution < 1.29 is 0 Å². The van der Waals surface area contributed by atoms with Gasteiger partial charge in [-0.05, 0) is 6.42 Å². The Morgan fingerprint density at radius 3 is 2.79 bits per heavy atom. The lowest BCUT2D eigenvalue weighted by atomic mass is 10.2. The molecule has 0 atom stereocenters. The van der Waals surface area contributed by atoms with Gasteiger partial charge in [-0.2, -0.15) is 0 Å². The van der Waals surface area contributed by atoms with Crippen molar-refractivity contribution in [2.45, 2.75) is 32.7 Å². The molecule has 0 amide bonds. The van der Waals surface area contributed by atoms with Crippen LogP contribution in [0.5, 0.6) is 0 Å². The number of aromatic nitrogens is 2.